The van der Waals surface area contributed by atoms with Gasteiger partial charge in [0.2, 0.25) is 10.0 Å². The molecule has 0 saturated heterocycles. The monoisotopic (exact) mass is 284 g/mol. The molecule has 108 valence electrons. The van der Waals surface area contributed by atoms with Crippen LogP contribution in [0.2, 0.25) is 0 Å². The second-order valence-corrected chi connectivity index (χ2v) is 7.64. The molecule has 0 saturated carbocycles. The number of anilines is 1. The van der Waals surface area contributed by atoms with Gasteiger partial charge < -0.3 is 5.73 Å². The molecule has 0 bridgehead atoms. The molecule has 1 atom stereocenters. The van der Waals surface area contributed by atoms with Crippen molar-refractivity contribution in [2.24, 2.45) is 5.41 Å². The van der Waals surface area contributed by atoms with E-state index < -0.39 is 10.0 Å². The van der Waals surface area contributed by atoms with Gasteiger partial charge in [-0.3, -0.25) is 0 Å². The Hall–Kier alpha value is -1.07. The lowest BCUT2D eigenvalue weighted by Gasteiger charge is -2.27. The molecule has 0 spiro atoms. The average Bonchev–Trinajstić information content (AvgIpc) is 2.27. The summed E-state index contributed by atoms with van der Waals surface area (Å²) < 4.78 is 27.2. The minimum absolute atomic E-state index is 0.137. The molecule has 1 unspecified atom stereocenters. The van der Waals surface area contributed by atoms with Gasteiger partial charge in [-0.25, -0.2) is 13.1 Å². The van der Waals surface area contributed by atoms with Crippen molar-refractivity contribution >= 4 is 15.7 Å². The van der Waals surface area contributed by atoms with Crippen LogP contribution in [0, 0.1) is 5.41 Å². The first-order valence-corrected chi connectivity index (χ1v) is 7.97. The lowest BCUT2D eigenvalue weighted by Crippen LogP contribution is -2.41. The molecule has 0 radical (unpaired) electrons. The number of benzene rings is 1. The Morgan fingerprint density at radius 1 is 1.32 bits per heavy atom. The quantitative estimate of drug-likeness (QED) is 0.835. The van der Waals surface area contributed by atoms with E-state index in [-0.39, 0.29) is 16.4 Å². The van der Waals surface area contributed by atoms with Crippen LogP contribution in [-0.2, 0) is 16.4 Å². The molecule has 0 heterocycles. The first-order chi connectivity index (χ1) is 8.58. The Labute approximate surface area is 116 Å². The van der Waals surface area contributed by atoms with Crippen LogP contribution in [0.15, 0.2) is 23.1 Å². The van der Waals surface area contributed by atoms with Crippen molar-refractivity contribution in [3.05, 3.63) is 23.8 Å². The van der Waals surface area contributed by atoms with Crippen LogP contribution in [0.4, 0.5) is 5.69 Å². The second kappa shape index (κ2) is 5.51. The van der Waals surface area contributed by atoms with Gasteiger partial charge in [0.25, 0.3) is 0 Å². The van der Waals surface area contributed by atoms with Crippen molar-refractivity contribution < 1.29 is 8.42 Å². The average molecular weight is 284 g/mol. The van der Waals surface area contributed by atoms with E-state index in [0.29, 0.717) is 5.69 Å². The summed E-state index contributed by atoms with van der Waals surface area (Å²) in [5.41, 5.74) is 7.20. The third kappa shape index (κ3) is 3.94. The lowest BCUT2D eigenvalue weighted by atomic mass is 9.89. The predicted octanol–water partition coefficient (Wildman–Crippen LogP) is 2.54. The molecule has 3 N–H and O–H groups in total. The van der Waals surface area contributed by atoms with E-state index in [2.05, 4.69) is 4.72 Å². The molecule has 1 aromatic carbocycles. The fourth-order valence-corrected chi connectivity index (χ4v) is 3.02. The Bertz CT molecular complexity index is 545. The number of rotatable bonds is 4. The Morgan fingerprint density at radius 2 is 1.89 bits per heavy atom. The van der Waals surface area contributed by atoms with E-state index in [0.717, 1.165) is 12.0 Å². The summed E-state index contributed by atoms with van der Waals surface area (Å²) in [5, 5.41) is 0. The fourth-order valence-electron chi connectivity index (χ4n) is 1.54. The van der Waals surface area contributed by atoms with Crippen molar-refractivity contribution in [2.75, 3.05) is 5.73 Å². The highest BCUT2D eigenvalue weighted by atomic mass is 32.2. The number of aryl methyl sites for hydroxylation is 1. The molecular weight excluding hydrogens is 260 g/mol. The summed E-state index contributed by atoms with van der Waals surface area (Å²) in [5.74, 6) is 0. The molecule has 0 aliphatic carbocycles. The molecule has 5 heteroatoms. The largest absolute Gasteiger partial charge is 0.398 e. The summed E-state index contributed by atoms with van der Waals surface area (Å²) in [4.78, 5) is 0.221. The standard InChI is InChI=1S/C14H24N2O2S/c1-6-11-7-8-12(9-13(11)15)19(17,18)16-10(2)14(3,4)5/h7-10,16H,6,15H2,1-5H3. The van der Waals surface area contributed by atoms with Crippen molar-refractivity contribution in [2.45, 2.75) is 52.0 Å². The maximum Gasteiger partial charge on any atom is 0.240 e. The first-order valence-electron chi connectivity index (χ1n) is 6.48. The smallest absolute Gasteiger partial charge is 0.240 e. The van der Waals surface area contributed by atoms with Gasteiger partial charge >= 0.3 is 0 Å². The topological polar surface area (TPSA) is 72.2 Å². The maximum absolute atomic E-state index is 12.3. The first kappa shape index (κ1) is 16.0. The summed E-state index contributed by atoms with van der Waals surface area (Å²) in [7, 11) is -3.52. The SMILES string of the molecule is CCc1ccc(S(=O)(=O)NC(C)C(C)(C)C)cc1N. The van der Waals surface area contributed by atoms with E-state index in [1.807, 2.05) is 34.6 Å². The second-order valence-electron chi connectivity index (χ2n) is 5.92. The van der Waals surface area contributed by atoms with Crippen LogP contribution < -0.4 is 10.5 Å². The molecule has 19 heavy (non-hydrogen) atoms. The van der Waals surface area contributed by atoms with Gasteiger partial charge in [0, 0.05) is 11.7 Å². The van der Waals surface area contributed by atoms with Crippen molar-refractivity contribution in [3.63, 3.8) is 0 Å². The van der Waals surface area contributed by atoms with Crippen LogP contribution in [0.3, 0.4) is 0 Å². The number of nitrogens with two attached hydrogens (primary N) is 1. The fraction of sp³-hybridized carbons (Fsp3) is 0.571. The van der Waals surface area contributed by atoms with Gasteiger partial charge in [-0.05, 0) is 36.5 Å². The summed E-state index contributed by atoms with van der Waals surface area (Å²) in [6.45, 7) is 9.83. The van der Waals surface area contributed by atoms with E-state index in [1.54, 1.807) is 12.1 Å². The van der Waals surface area contributed by atoms with Crippen molar-refractivity contribution in [3.8, 4) is 0 Å². The summed E-state index contributed by atoms with van der Waals surface area (Å²) in [6.07, 6.45) is 0.790. The molecule has 4 nitrogen and oxygen atoms in total. The molecule has 0 aliphatic heterocycles. The van der Waals surface area contributed by atoms with E-state index in [4.69, 9.17) is 5.73 Å². The molecule has 0 aromatic heterocycles. The summed E-state index contributed by atoms with van der Waals surface area (Å²) in [6, 6.07) is 4.74. The summed E-state index contributed by atoms with van der Waals surface area (Å²) >= 11 is 0. The Balaban J connectivity index is 3.05. The molecule has 1 rings (SSSR count). The van der Waals surface area contributed by atoms with Crippen LogP contribution in [0.5, 0.6) is 0 Å². The molecule has 1 aromatic rings. The van der Waals surface area contributed by atoms with E-state index >= 15 is 0 Å². The van der Waals surface area contributed by atoms with Gasteiger partial charge in [-0.2, -0.15) is 0 Å². The minimum Gasteiger partial charge on any atom is -0.398 e. The highest BCUT2D eigenvalue weighted by Gasteiger charge is 2.26. The minimum atomic E-state index is -3.52. The van der Waals surface area contributed by atoms with Gasteiger partial charge in [0.05, 0.1) is 4.90 Å². The highest BCUT2D eigenvalue weighted by molar-refractivity contribution is 7.89. The Morgan fingerprint density at radius 3 is 2.32 bits per heavy atom. The maximum atomic E-state index is 12.3. The third-order valence-corrected chi connectivity index (χ3v) is 4.98. The molecule has 0 fully saturated rings. The highest BCUT2D eigenvalue weighted by Crippen LogP contribution is 2.23. The van der Waals surface area contributed by atoms with Gasteiger partial charge in [0.15, 0.2) is 0 Å². The lowest BCUT2D eigenvalue weighted by molar-refractivity contribution is 0.317. The number of sulfonamides is 1. The van der Waals surface area contributed by atoms with Crippen LogP contribution in [0.25, 0.3) is 0 Å². The zero-order valence-electron chi connectivity index (χ0n) is 12.3. The van der Waals surface area contributed by atoms with Gasteiger partial charge in [-0.1, -0.05) is 33.8 Å². The van der Waals surface area contributed by atoms with Crippen molar-refractivity contribution in [1.29, 1.82) is 0 Å². The van der Waals surface area contributed by atoms with Crippen molar-refractivity contribution in [1.82, 2.24) is 4.72 Å². The molecule has 0 amide bonds. The van der Waals surface area contributed by atoms with Crippen LogP contribution in [0.1, 0.15) is 40.2 Å². The van der Waals surface area contributed by atoms with Crippen LogP contribution in [-0.4, -0.2) is 14.5 Å². The van der Waals surface area contributed by atoms with E-state index in [9.17, 15) is 8.42 Å². The zero-order valence-corrected chi connectivity index (χ0v) is 13.1. The number of hydrogen-bond donors (Lipinski definition) is 2. The van der Waals surface area contributed by atoms with Gasteiger partial charge in [0.1, 0.15) is 0 Å². The zero-order chi connectivity index (χ0) is 14.8. The van der Waals surface area contributed by atoms with Crippen LogP contribution >= 0.6 is 0 Å². The number of nitrogens with one attached hydrogen (secondary N) is 1. The third-order valence-electron chi connectivity index (χ3n) is 3.44. The number of hydrogen-bond acceptors (Lipinski definition) is 3. The Kier molecular flexibility index (Phi) is 4.63. The predicted molar refractivity (Wildman–Crippen MR) is 79.5 cm³/mol. The van der Waals surface area contributed by atoms with E-state index in [1.165, 1.54) is 6.07 Å². The normalized spacial score (nSPS) is 14.4. The molecule has 0 aliphatic rings. The molecular formula is C14H24N2O2S. The number of nitrogen functional groups attached to an aromatic ring is 1. The van der Waals surface area contributed by atoms with Gasteiger partial charge in [-0.15, -0.1) is 0 Å².